The van der Waals surface area contributed by atoms with E-state index >= 15 is 0 Å². The zero-order valence-electron chi connectivity index (χ0n) is 15.7. The van der Waals surface area contributed by atoms with Gasteiger partial charge >= 0.3 is 0 Å². The number of hydrogen-bond donors (Lipinski definition) is 1. The molecule has 1 N–H and O–H groups in total. The Morgan fingerprint density at radius 2 is 1.97 bits per heavy atom. The number of anilines is 1. The highest BCUT2D eigenvalue weighted by Gasteiger charge is 2.31. The maximum atomic E-state index is 12.9. The molecule has 8 heteroatoms. The van der Waals surface area contributed by atoms with Crippen LogP contribution in [0.1, 0.15) is 18.4 Å². The van der Waals surface area contributed by atoms with Crippen LogP contribution in [0.25, 0.3) is 6.08 Å². The van der Waals surface area contributed by atoms with Crippen LogP contribution in [-0.2, 0) is 9.59 Å². The van der Waals surface area contributed by atoms with E-state index in [0.29, 0.717) is 33.6 Å². The Morgan fingerprint density at radius 3 is 2.69 bits per heavy atom. The number of carbonyl (C=O) groups excluding carboxylic acids is 2. The van der Waals surface area contributed by atoms with Gasteiger partial charge in [-0.05, 0) is 42.8 Å². The Kier molecular flexibility index (Phi) is 7.00. The van der Waals surface area contributed by atoms with Crippen LogP contribution in [0.4, 0.5) is 10.1 Å². The van der Waals surface area contributed by atoms with E-state index in [4.69, 9.17) is 17.0 Å². The summed E-state index contributed by atoms with van der Waals surface area (Å²) in [6.45, 7) is 0.352. The Bertz CT molecular complexity index is 961. The molecule has 0 spiro atoms. The number of ether oxygens (including phenoxy) is 1. The Balaban J connectivity index is 1.55. The third-order valence-corrected chi connectivity index (χ3v) is 5.59. The maximum Gasteiger partial charge on any atom is 0.266 e. The number of amides is 2. The van der Waals surface area contributed by atoms with Crippen molar-refractivity contribution in [1.29, 1.82) is 0 Å². The lowest BCUT2D eigenvalue weighted by atomic mass is 10.2. The number of rotatable bonds is 7. The summed E-state index contributed by atoms with van der Waals surface area (Å²) in [5, 5.41) is 2.70. The number of nitrogens with zero attached hydrogens (tertiary/aromatic N) is 1. The largest absolute Gasteiger partial charge is 0.496 e. The second-order valence-corrected chi connectivity index (χ2v) is 7.91. The molecule has 1 fully saturated rings. The van der Waals surface area contributed by atoms with Crippen molar-refractivity contribution in [3.63, 3.8) is 0 Å². The minimum atomic E-state index is -0.362. The van der Waals surface area contributed by atoms with Crippen molar-refractivity contribution in [2.24, 2.45) is 0 Å². The predicted octanol–water partition coefficient (Wildman–Crippen LogP) is 4.45. The monoisotopic (exact) mass is 430 g/mol. The zero-order chi connectivity index (χ0) is 20.8. The summed E-state index contributed by atoms with van der Waals surface area (Å²) >= 11 is 6.56. The molecule has 1 aliphatic heterocycles. The van der Waals surface area contributed by atoms with Gasteiger partial charge in [-0.3, -0.25) is 14.5 Å². The normalized spacial score (nSPS) is 15.1. The quantitative estimate of drug-likeness (QED) is 0.519. The predicted molar refractivity (Wildman–Crippen MR) is 117 cm³/mol. The molecule has 2 aromatic carbocycles. The highest BCUT2D eigenvalue weighted by molar-refractivity contribution is 8.26. The van der Waals surface area contributed by atoms with Crippen LogP contribution in [0, 0.1) is 5.82 Å². The molecule has 5 nitrogen and oxygen atoms in total. The SMILES string of the molecule is COc1ccccc1/C=C1\SC(=S)N(CCCC(=O)Nc2ccc(F)cc2)C1=O. The first-order valence-electron chi connectivity index (χ1n) is 8.92. The summed E-state index contributed by atoms with van der Waals surface area (Å²) in [5.41, 5.74) is 1.33. The van der Waals surface area contributed by atoms with E-state index in [1.807, 2.05) is 24.3 Å². The summed E-state index contributed by atoms with van der Waals surface area (Å²) in [7, 11) is 1.58. The Labute approximate surface area is 177 Å². The molecule has 1 heterocycles. The summed E-state index contributed by atoms with van der Waals surface area (Å²) in [6, 6.07) is 13.0. The molecule has 2 aromatic rings. The molecule has 1 aliphatic rings. The van der Waals surface area contributed by atoms with Gasteiger partial charge in [0.1, 0.15) is 15.9 Å². The van der Waals surface area contributed by atoms with E-state index in [9.17, 15) is 14.0 Å². The molecule has 0 aliphatic carbocycles. The molecule has 29 heavy (non-hydrogen) atoms. The zero-order valence-corrected chi connectivity index (χ0v) is 17.3. The highest BCUT2D eigenvalue weighted by Crippen LogP contribution is 2.34. The van der Waals surface area contributed by atoms with Gasteiger partial charge in [-0.15, -0.1) is 0 Å². The molecule has 150 valence electrons. The van der Waals surface area contributed by atoms with E-state index in [-0.39, 0.29) is 24.1 Å². The smallest absolute Gasteiger partial charge is 0.266 e. The number of methoxy groups -OCH3 is 1. The van der Waals surface area contributed by atoms with Gasteiger partial charge in [-0.25, -0.2) is 4.39 Å². The van der Waals surface area contributed by atoms with E-state index < -0.39 is 0 Å². The molecule has 1 saturated heterocycles. The maximum absolute atomic E-state index is 12.9. The first kappa shape index (κ1) is 21.0. The van der Waals surface area contributed by atoms with Crippen molar-refractivity contribution in [3.8, 4) is 5.75 Å². The summed E-state index contributed by atoms with van der Waals surface area (Å²) < 4.78 is 18.7. The Morgan fingerprint density at radius 1 is 1.24 bits per heavy atom. The number of carbonyl (C=O) groups is 2. The summed E-state index contributed by atoms with van der Waals surface area (Å²) in [4.78, 5) is 26.8. The van der Waals surface area contributed by atoms with Gasteiger partial charge in [0, 0.05) is 24.2 Å². The number of hydrogen-bond acceptors (Lipinski definition) is 5. The topological polar surface area (TPSA) is 58.6 Å². The standard InChI is InChI=1S/C21H19FN2O3S2/c1-27-17-6-3-2-5-14(17)13-18-20(26)24(21(28)29-18)12-4-7-19(25)23-16-10-8-15(22)9-11-16/h2-3,5-6,8-11,13H,4,7,12H2,1H3,(H,23,25)/b18-13-. The molecular formula is C21H19FN2O3S2. The van der Waals surface area contributed by atoms with Gasteiger partial charge in [-0.1, -0.05) is 42.2 Å². The van der Waals surface area contributed by atoms with Gasteiger partial charge in [0.15, 0.2) is 0 Å². The summed E-state index contributed by atoms with van der Waals surface area (Å²) in [5.74, 6) is -0.0646. The van der Waals surface area contributed by atoms with Crippen LogP contribution in [-0.4, -0.2) is 34.7 Å². The van der Waals surface area contributed by atoms with Crippen molar-refractivity contribution in [2.45, 2.75) is 12.8 Å². The molecule has 0 saturated carbocycles. The third-order valence-electron chi connectivity index (χ3n) is 4.21. The first-order valence-corrected chi connectivity index (χ1v) is 10.1. The molecule has 0 bridgehead atoms. The van der Waals surface area contributed by atoms with E-state index in [1.165, 1.54) is 40.9 Å². The van der Waals surface area contributed by atoms with Gasteiger partial charge < -0.3 is 10.1 Å². The third kappa shape index (κ3) is 5.42. The van der Waals surface area contributed by atoms with Crippen LogP contribution < -0.4 is 10.1 Å². The lowest BCUT2D eigenvalue weighted by molar-refractivity contribution is -0.122. The van der Waals surface area contributed by atoms with Gasteiger partial charge in [-0.2, -0.15) is 0 Å². The van der Waals surface area contributed by atoms with Gasteiger partial charge in [0.2, 0.25) is 5.91 Å². The van der Waals surface area contributed by atoms with Crippen molar-refractivity contribution in [2.75, 3.05) is 19.0 Å². The van der Waals surface area contributed by atoms with Gasteiger partial charge in [0.05, 0.1) is 12.0 Å². The van der Waals surface area contributed by atoms with Crippen molar-refractivity contribution in [3.05, 3.63) is 64.8 Å². The second-order valence-electron chi connectivity index (χ2n) is 6.23. The van der Waals surface area contributed by atoms with Crippen LogP contribution in [0.15, 0.2) is 53.4 Å². The molecule has 3 rings (SSSR count). The Hall–Kier alpha value is -2.71. The van der Waals surface area contributed by atoms with Crippen LogP contribution in [0.5, 0.6) is 5.75 Å². The average Bonchev–Trinajstić information content (AvgIpc) is 2.97. The van der Waals surface area contributed by atoms with E-state index in [0.717, 1.165) is 5.56 Å². The fourth-order valence-electron chi connectivity index (χ4n) is 2.77. The van der Waals surface area contributed by atoms with Crippen LogP contribution in [0.2, 0.25) is 0 Å². The second kappa shape index (κ2) is 9.67. The lowest BCUT2D eigenvalue weighted by Gasteiger charge is -2.14. The average molecular weight is 431 g/mol. The van der Waals surface area contributed by atoms with E-state index in [1.54, 1.807) is 13.2 Å². The van der Waals surface area contributed by atoms with Crippen LogP contribution >= 0.6 is 24.0 Å². The van der Waals surface area contributed by atoms with Crippen molar-refractivity contribution >= 4 is 51.9 Å². The number of halogens is 1. The number of benzene rings is 2. The lowest BCUT2D eigenvalue weighted by Crippen LogP contribution is -2.29. The van der Waals surface area contributed by atoms with Crippen molar-refractivity contribution in [1.82, 2.24) is 4.90 Å². The van der Waals surface area contributed by atoms with Gasteiger partial charge in [0.25, 0.3) is 5.91 Å². The molecule has 0 radical (unpaired) electrons. The molecule has 2 amide bonds. The molecule has 0 unspecified atom stereocenters. The van der Waals surface area contributed by atoms with Crippen molar-refractivity contribution < 1.29 is 18.7 Å². The minimum Gasteiger partial charge on any atom is -0.496 e. The number of thioether (sulfide) groups is 1. The fourth-order valence-corrected chi connectivity index (χ4v) is 4.07. The van der Waals surface area contributed by atoms with E-state index in [2.05, 4.69) is 5.32 Å². The van der Waals surface area contributed by atoms with Crippen LogP contribution in [0.3, 0.4) is 0 Å². The highest BCUT2D eigenvalue weighted by atomic mass is 32.2. The first-order chi connectivity index (χ1) is 14.0. The summed E-state index contributed by atoms with van der Waals surface area (Å²) in [6.07, 6.45) is 2.45. The fraction of sp³-hybridized carbons (Fsp3) is 0.190. The number of nitrogens with one attached hydrogen (secondary N) is 1. The number of thiocarbonyl (C=S) groups is 1. The molecule has 0 atom stereocenters. The number of para-hydroxylation sites is 1. The molecule has 0 aromatic heterocycles. The molecular weight excluding hydrogens is 411 g/mol. The minimum absolute atomic E-state index is 0.176.